The summed E-state index contributed by atoms with van der Waals surface area (Å²) in [4.78, 5) is 25.4. The average Bonchev–Trinajstić information content (AvgIpc) is 2.64. The summed E-state index contributed by atoms with van der Waals surface area (Å²) < 4.78 is 0. The number of rotatable bonds is 5. The van der Waals surface area contributed by atoms with Crippen molar-refractivity contribution in [3.8, 4) is 0 Å². The third-order valence-corrected chi connectivity index (χ3v) is 2.42. The van der Waals surface area contributed by atoms with Gasteiger partial charge >= 0.3 is 5.97 Å². The van der Waals surface area contributed by atoms with E-state index < -0.39 is 18.0 Å². The van der Waals surface area contributed by atoms with Crippen molar-refractivity contribution in [1.82, 2.24) is 10.3 Å². The lowest BCUT2D eigenvalue weighted by molar-refractivity contribution is -0.146. The van der Waals surface area contributed by atoms with Gasteiger partial charge in [0.1, 0.15) is 5.69 Å². The second kappa shape index (κ2) is 5.42. The maximum atomic E-state index is 11.4. The van der Waals surface area contributed by atoms with Crippen LogP contribution in [0.5, 0.6) is 0 Å². The van der Waals surface area contributed by atoms with Crippen LogP contribution in [0.25, 0.3) is 0 Å². The Balaban J connectivity index is 2.34. The molecule has 1 atom stereocenters. The molecule has 8 heteroatoms. The zero-order chi connectivity index (χ0) is 12.1. The number of carbonyl (C=O) groups is 2. The van der Waals surface area contributed by atoms with Crippen LogP contribution in [0.15, 0.2) is 5.38 Å². The molecule has 1 amide bonds. The highest BCUT2D eigenvalue weighted by Crippen LogP contribution is 2.10. The average molecular weight is 245 g/mol. The fourth-order valence-corrected chi connectivity index (χ4v) is 1.47. The molecular formula is C8H11N3O4S. The van der Waals surface area contributed by atoms with Gasteiger partial charge in [0.25, 0.3) is 5.91 Å². The first kappa shape index (κ1) is 12.4. The van der Waals surface area contributed by atoms with Gasteiger partial charge in [-0.15, -0.1) is 11.3 Å². The first-order valence-electron chi connectivity index (χ1n) is 4.40. The van der Waals surface area contributed by atoms with Crippen LogP contribution in [-0.2, 0) is 4.79 Å². The van der Waals surface area contributed by atoms with Gasteiger partial charge in [-0.05, 0) is 0 Å². The van der Waals surface area contributed by atoms with E-state index in [1.165, 1.54) is 5.38 Å². The highest BCUT2D eigenvalue weighted by Gasteiger charge is 2.14. The third kappa shape index (κ3) is 3.48. The summed E-state index contributed by atoms with van der Waals surface area (Å²) in [6.45, 7) is 0.0593. The molecule has 16 heavy (non-hydrogen) atoms. The highest BCUT2D eigenvalue weighted by atomic mass is 32.1. The summed E-state index contributed by atoms with van der Waals surface area (Å²) >= 11 is 1.14. The molecule has 0 saturated heterocycles. The number of carboxylic acids is 1. The summed E-state index contributed by atoms with van der Waals surface area (Å²) in [6, 6.07) is 0. The van der Waals surface area contributed by atoms with E-state index in [4.69, 9.17) is 15.9 Å². The molecule has 0 radical (unpaired) electrons. The Kier molecular flexibility index (Phi) is 4.20. The number of carbonyl (C=O) groups excluding carboxylic acids is 1. The number of aliphatic carboxylic acids is 1. The monoisotopic (exact) mass is 245 g/mol. The number of carboxylic acid groups (broad SMARTS) is 1. The van der Waals surface area contributed by atoms with Gasteiger partial charge in [-0.3, -0.25) is 4.79 Å². The predicted octanol–water partition coefficient (Wildman–Crippen LogP) is -0.709. The Morgan fingerprint density at radius 3 is 2.81 bits per heavy atom. The standard InChI is InChI=1S/C8H11N3O4S/c9-8-11-4(3-16-8)6(13)10-2-1-5(12)7(14)15/h3,5,12H,1-2H2,(H2,9,11)(H,10,13)(H,14,15). The summed E-state index contributed by atoms with van der Waals surface area (Å²) in [7, 11) is 0. The van der Waals surface area contributed by atoms with Crippen molar-refractivity contribution in [3.63, 3.8) is 0 Å². The largest absolute Gasteiger partial charge is 0.479 e. The first-order valence-corrected chi connectivity index (χ1v) is 5.28. The molecule has 7 nitrogen and oxygen atoms in total. The lowest BCUT2D eigenvalue weighted by Crippen LogP contribution is -2.30. The number of anilines is 1. The van der Waals surface area contributed by atoms with Crippen molar-refractivity contribution in [1.29, 1.82) is 0 Å². The number of thiazole rings is 1. The maximum Gasteiger partial charge on any atom is 0.332 e. The second-order valence-corrected chi connectivity index (χ2v) is 3.86. The Morgan fingerprint density at radius 1 is 1.62 bits per heavy atom. The molecule has 88 valence electrons. The van der Waals surface area contributed by atoms with Crippen molar-refractivity contribution in [2.75, 3.05) is 12.3 Å². The number of nitrogens with zero attached hydrogens (tertiary/aromatic N) is 1. The van der Waals surface area contributed by atoms with Crippen molar-refractivity contribution in [2.24, 2.45) is 0 Å². The van der Waals surface area contributed by atoms with Crippen molar-refractivity contribution in [3.05, 3.63) is 11.1 Å². The maximum absolute atomic E-state index is 11.4. The molecule has 1 rings (SSSR count). The number of nitrogens with two attached hydrogens (primary N) is 1. The number of aromatic nitrogens is 1. The normalized spacial score (nSPS) is 12.1. The van der Waals surface area contributed by atoms with E-state index in [-0.39, 0.29) is 23.8 Å². The number of hydrogen-bond donors (Lipinski definition) is 4. The first-order chi connectivity index (χ1) is 7.50. The number of nitrogens with one attached hydrogen (secondary N) is 1. The molecule has 0 bridgehead atoms. The predicted molar refractivity (Wildman–Crippen MR) is 57.1 cm³/mol. The lowest BCUT2D eigenvalue weighted by Gasteiger charge is -2.05. The van der Waals surface area contributed by atoms with Crippen molar-refractivity contribution < 1.29 is 19.8 Å². The number of nitrogen functional groups attached to an aromatic ring is 1. The second-order valence-electron chi connectivity index (χ2n) is 2.97. The fraction of sp³-hybridized carbons (Fsp3) is 0.375. The van der Waals surface area contributed by atoms with Gasteiger partial charge in [0.15, 0.2) is 11.2 Å². The summed E-state index contributed by atoms with van der Waals surface area (Å²) in [5, 5.41) is 21.5. The minimum absolute atomic E-state index is 0.0549. The smallest absolute Gasteiger partial charge is 0.332 e. The van der Waals surface area contributed by atoms with E-state index in [0.29, 0.717) is 0 Å². The van der Waals surface area contributed by atoms with Crippen molar-refractivity contribution in [2.45, 2.75) is 12.5 Å². The minimum atomic E-state index is -1.47. The fourth-order valence-electron chi connectivity index (χ4n) is 0.928. The number of amides is 1. The molecule has 0 aliphatic rings. The molecule has 1 aromatic rings. The third-order valence-electron chi connectivity index (χ3n) is 1.74. The van der Waals surface area contributed by atoms with Crippen LogP contribution in [0.4, 0.5) is 5.13 Å². The van der Waals surface area contributed by atoms with Gasteiger partial charge in [0.05, 0.1) is 0 Å². The molecular weight excluding hydrogens is 234 g/mol. The SMILES string of the molecule is Nc1nc(C(=O)NCCC(O)C(=O)O)cs1. The van der Waals surface area contributed by atoms with Crippen LogP contribution in [0.2, 0.25) is 0 Å². The van der Waals surface area contributed by atoms with E-state index in [9.17, 15) is 9.59 Å². The van der Waals surface area contributed by atoms with E-state index in [1.807, 2.05) is 0 Å². The number of aliphatic hydroxyl groups excluding tert-OH is 1. The highest BCUT2D eigenvalue weighted by molar-refractivity contribution is 7.13. The quantitative estimate of drug-likeness (QED) is 0.543. The van der Waals surface area contributed by atoms with E-state index >= 15 is 0 Å². The molecule has 1 heterocycles. The molecule has 5 N–H and O–H groups in total. The molecule has 0 aliphatic heterocycles. The van der Waals surface area contributed by atoms with Crippen LogP contribution in [0.1, 0.15) is 16.9 Å². The molecule has 0 fully saturated rings. The van der Waals surface area contributed by atoms with Crippen LogP contribution in [0, 0.1) is 0 Å². The van der Waals surface area contributed by atoms with Crippen LogP contribution >= 0.6 is 11.3 Å². The van der Waals surface area contributed by atoms with Gasteiger partial charge in [-0.1, -0.05) is 0 Å². The number of hydrogen-bond acceptors (Lipinski definition) is 6. The molecule has 0 saturated carbocycles. The Bertz CT molecular complexity index is 392. The van der Waals surface area contributed by atoms with Crippen molar-refractivity contribution >= 4 is 28.3 Å². The van der Waals surface area contributed by atoms with Crippen LogP contribution in [-0.4, -0.2) is 39.7 Å². The van der Waals surface area contributed by atoms with E-state index in [2.05, 4.69) is 10.3 Å². The van der Waals surface area contributed by atoms with Gasteiger partial charge < -0.3 is 21.3 Å². The molecule has 0 aromatic carbocycles. The molecule has 0 spiro atoms. The topological polar surface area (TPSA) is 126 Å². The van der Waals surface area contributed by atoms with Gasteiger partial charge in [0.2, 0.25) is 0 Å². The summed E-state index contributed by atoms with van der Waals surface area (Å²) in [5.41, 5.74) is 5.53. The Hall–Kier alpha value is -1.67. The Morgan fingerprint density at radius 2 is 2.31 bits per heavy atom. The van der Waals surface area contributed by atoms with E-state index in [1.54, 1.807) is 0 Å². The van der Waals surface area contributed by atoms with Gasteiger partial charge in [-0.25, -0.2) is 9.78 Å². The lowest BCUT2D eigenvalue weighted by atomic mass is 10.2. The zero-order valence-electron chi connectivity index (χ0n) is 8.21. The Labute approximate surface area is 94.9 Å². The van der Waals surface area contributed by atoms with Crippen LogP contribution in [0.3, 0.4) is 0 Å². The number of aliphatic hydroxyl groups is 1. The summed E-state index contributed by atoms with van der Waals surface area (Å²) in [6.07, 6.45) is -1.53. The van der Waals surface area contributed by atoms with Gasteiger partial charge in [-0.2, -0.15) is 0 Å². The molecule has 1 unspecified atom stereocenters. The summed E-state index contributed by atoms with van der Waals surface area (Å²) in [5.74, 6) is -1.75. The minimum Gasteiger partial charge on any atom is -0.479 e. The van der Waals surface area contributed by atoms with Crippen LogP contribution < -0.4 is 11.1 Å². The molecule has 0 aliphatic carbocycles. The zero-order valence-corrected chi connectivity index (χ0v) is 9.03. The van der Waals surface area contributed by atoms with E-state index in [0.717, 1.165) is 11.3 Å². The molecule has 1 aromatic heterocycles. The van der Waals surface area contributed by atoms with Gasteiger partial charge in [0, 0.05) is 18.3 Å².